The van der Waals surface area contributed by atoms with Crippen LogP contribution in [0.1, 0.15) is 95.3 Å². The number of rotatable bonds is 11. The van der Waals surface area contributed by atoms with Crippen molar-refractivity contribution in [3.63, 3.8) is 0 Å². The summed E-state index contributed by atoms with van der Waals surface area (Å²) in [7, 11) is 1.95. The third-order valence-electron chi connectivity index (χ3n) is 6.75. The first-order valence-electron chi connectivity index (χ1n) is 13.5. The van der Waals surface area contributed by atoms with Gasteiger partial charge in [-0.25, -0.2) is 0 Å². The quantitative estimate of drug-likeness (QED) is 0.406. The number of esters is 1. The van der Waals surface area contributed by atoms with E-state index in [2.05, 4.69) is 31.9 Å². The van der Waals surface area contributed by atoms with Crippen molar-refractivity contribution in [2.45, 2.75) is 91.8 Å². The summed E-state index contributed by atoms with van der Waals surface area (Å²) < 4.78 is 7.26. The molecule has 1 aliphatic heterocycles. The van der Waals surface area contributed by atoms with Crippen LogP contribution >= 0.6 is 0 Å². The van der Waals surface area contributed by atoms with Gasteiger partial charge in [0.05, 0.1) is 11.9 Å². The summed E-state index contributed by atoms with van der Waals surface area (Å²) in [5.41, 5.74) is 10.7. The third-order valence-corrected chi connectivity index (χ3v) is 6.75. The second-order valence-electron chi connectivity index (χ2n) is 11.4. The molecule has 2 N–H and O–H groups in total. The van der Waals surface area contributed by atoms with E-state index in [1.165, 1.54) is 10.5 Å². The average molecular weight is 523 g/mol. The Balaban J connectivity index is 1.85. The minimum atomic E-state index is -0.893. The molecule has 1 aromatic heterocycles. The number of aryl methyl sites for hydroxylation is 1. The number of ether oxygens (including phenoxy) is 1. The lowest BCUT2D eigenvalue weighted by molar-refractivity contribution is -0.155. The van der Waals surface area contributed by atoms with Crippen LogP contribution in [0.2, 0.25) is 0 Å². The van der Waals surface area contributed by atoms with Crippen LogP contribution in [0.5, 0.6) is 0 Å². The maximum atomic E-state index is 13.2. The first-order valence-corrected chi connectivity index (χ1v) is 13.5. The molecule has 0 aliphatic carbocycles. The highest BCUT2D eigenvalue weighted by atomic mass is 16.6. The summed E-state index contributed by atoms with van der Waals surface area (Å²) in [6.45, 7) is 12.2. The highest BCUT2D eigenvalue weighted by Gasteiger charge is 2.36. The van der Waals surface area contributed by atoms with Crippen LogP contribution in [0, 0.1) is 5.92 Å². The first kappa shape index (κ1) is 29.1. The molecular formula is C30H42N4O4. The summed E-state index contributed by atoms with van der Waals surface area (Å²) in [5.74, 6) is -0.675. The Kier molecular flexibility index (Phi) is 9.18. The van der Waals surface area contributed by atoms with Gasteiger partial charge in [0.2, 0.25) is 5.91 Å². The molecule has 1 aliphatic rings. The molecule has 1 aromatic carbocycles. The first-order chi connectivity index (χ1) is 17.8. The lowest BCUT2D eigenvalue weighted by atomic mass is 9.96. The van der Waals surface area contributed by atoms with E-state index in [0.717, 1.165) is 41.6 Å². The highest BCUT2D eigenvalue weighted by molar-refractivity contribution is 6.01. The van der Waals surface area contributed by atoms with E-state index >= 15 is 0 Å². The van der Waals surface area contributed by atoms with Crippen molar-refractivity contribution in [3.8, 4) is 11.1 Å². The Hall–Kier alpha value is -3.42. The molecule has 0 radical (unpaired) electrons. The molecule has 1 unspecified atom stereocenters. The molecule has 0 bridgehead atoms. The van der Waals surface area contributed by atoms with Crippen LogP contribution in [0.15, 0.2) is 30.5 Å². The van der Waals surface area contributed by atoms with Crippen molar-refractivity contribution in [1.29, 1.82) is 0 Å². The van der Waals surface area contributed by atoms with Crippen LogP contribution in [0.3, 0.4) is 0 Å². The topological polar surface area (TPSA) is 108 Å². The third kappa shape index (κ3) is 6.91. The van der Waals surface area contributed by atoms with E-state index in [0.29, 0.717) is 11.5 Å². The second-order valence-corrected chi connectivity index (χ2v) is 11.4. The van der Waals surface area contributed by atoms with Crippen molar-refractivity contribution in [1.82, 2.24) is 14.7 Å². The van der Waals surface area contributed by atoms with E-state index in [-0.39, 0.29) is 25.3 Å². The number of hydrogen-bond donors (Lipinski definition) is 1. The number of aromatic nitrogens is 2. The van der Waals surface area contributed by atoms with Crippen LogP contribution in [0.25, 0.3) is 16.7 Å². The Morgan fingerprint density at radius 1 is 1.18 bits per heavy atom. The fourth-order valence-electron chi connectivity index (χ4n) is 4.89. The summed E-state index contributed by atoms with van der Waals surface area (Å²) in [6, 6.07) is 4.85. The highest BCUT2D eigenvalue weighted by Crippen LogP contribution is 2.35. The van der Waals surface area contributed by atoms with Crippen molar-refractivity contribution in [2.75, 3.05) is 0 Å². The average Bonchev–Trinajstić information content (AvgIpc) is 3.35. The maximum Gasteiger partial charge on any atom is 0.306 e. The van der Waals surface area contributed by atoms with Crippen molar-refractivity contribution in [2.24, 2.45) is 18.7 Å². The summed E-state index contributed by atoms with van der Waals surface area (Å²) in [4.78, 5) is 39.2. The molecule has 0 saturated carbocycles. The fraction of sp³-hybridized carbons (Fsp3) is 0.533. The van der Waals surface area contributed by atoms with E-state index < -0.39 is 23.5 Å². The molecule has 38 heavy (non-hydrogen) atoms. The Labute approximate surface area is 226 Å². The molecule has 0 fully saturated rings. The van der Waals surface area contributed by atoms with Gasteiger partial charge < -0.3 is 15.4 Å². The molecule has 1 atom stereocenters. The zero-order valence-corrected chi connectivity index (χ0v) is 23.8. The standard InChI is InChI=1S/C30H42N4O4/c1-8-20(11-9-10-19(2)3)27-24(17-32-33(27)7)21-12-13-23-22(16-21)18-34(29(23)37)25(28(31)36)14-15-26(35)38-30(4,5)6/h11-13,16-17,19,25H,8-10,14-15,18H2,1-7H3,(H2,31,36)/b20-11+. The van der Waals surface area contributed by atoms with E-state index in [9.17, 15) is 14.4 Å². The largest absolute Gasteiger partial charge is 0.460 e. The van der Waals surface area contributed by atoms with Gasteiger partial charge >= 0.3 is 5.97 Å². The number of benzene rings is 1. The smallest absolute Gasteiger partial charge is 0.306 e. The van der Waals surface area contributed by atoms with Gasteiger partial charge in [0.15, 0.2) is 0 Å². The Bertz CT molecular complexity index is 1220. The van der Waals surface area contributed by atoms with Crippen LogP contribution in [-0.4, -0.2) is 44.1 Å². The van der Waals surface area contributed by atoms with Gasteiger partial charge in [-0.3, -0.25) is 19.1 Å². The molecule has 8 heteroatoms. The van der Waals surface area contributed by atoms with Crippen LogP contribution < -0.4 is 5.73 Å². The summed E-state index contributed by atoms with van der Waals surface area (Å²) >= 11 is 0. The predicted octanol–water partition coefficient (Wildman–Crippen LogP) is 5.25. The van der Waals surface area contributed by atoms with E-state index in [1.807, 2.05) is 36.1 Å². The molecule has 2 aromatic rings. The molecule has 2 heterocycles. The van der Waals surface area contributed by atoms with Gasteiger partial charge in [-0.1, -0.05) is 32.9 Å². The summed E-state index contributed by atoms with van der Waals surface area (Å²) in [5, 5.41) is 4.54. The number of nitrogens with two attached hydrogens (primary N) is 1. The van der Waals surface area contributed by atoms with E-state index in [4.69, 9.17) is 10.5 Å². The van der Waals surface area contributed by atoms with Gasteiger partial charge in [-0.05, 0) is 81.2 Å². The Morgan fingerprint density at radius 3 is 2.50 bits per heavy atom. The Morgan fingerprint density at radius 2 is 1.89 bits per heavy atom. The second kappa shape index (κ2) is 12.0. The molecule has 8 nitrogen and oxygen atoms in total. The number of amides is 2. The lowest BCUT2D eigenvalue weighted by Gasteiger charge is -2.25. The number of carbonyl (C=O) groups is 3. The monoisotopic (exact) mass is 522 g/mol. The van der Waals surface area contributed by atoms with Gasteiger partial charge in [0.25, 0.3) is 5.91 Å². The number of primary amides is 1. The normalized spacial score (nSPS) is 14.7. The number of nitrogens with zero attached hydrogens (tertiary/aromatic N) is 3. The molecule has 206 valence electrons. The van der Waals surface area contributed by atoms with Gasteiger partial charge in [0.1, 0.15) is 11.6 Å². The van der Waals surface area contributed by atoms with Crippen molar-refractivity contribution in [3.05, 3.63) is 47.3 Å². The number of fused-ring (bicyclic) bond motifs is 1. The molecule has 0 saturated heterocycles. The van der Waals surface area contributed by atoms with Crippen LogP contribution in [-0.2, 0) is 27.9 Å². The minimum Gasteiger partial charge on any atom is -0.460 e. The van der Waals surface area contributed by atoms with Gasteiger partial charge in [0, 0.05) is 31.1 Å². The zero-order chi connectivity index (χ0) is 28.2. The maximum absolute atomic E-state index is 13.2. The number of hydrogen-bond acceptors (Lipinski definition) is 5. The molecular weight excluding hydrogens is 480 g/mol. The van der Waals surface area contributed by atoms with Crippen molar-refractivity contribution >= 4 is 23.4 Å². The van der Waals surface area contributed by atoms with Gasteiger partial charge in [-0.15, -0.1) is 0 Å². The van der Waals surface area contributed by atoms with Crippen molar-refractivity contribution < 1.29 is 19.1 Å². The zero-order valence-electron chi connectivity index (χ0n) is 23.8. The number of allylic oxidation sites excluding steroid dienone is 2. The number of carbonyl (C=O) groups excluding carboxylic acids is 3. The lowest BCUT2D eigenvalue weighted by Crippen LogP contribution is -2.45. The molecule has 3 rings (SSSR count). The predicted molar refractivity (Wildman–Crippen MR) is 149 cm³/mol. The minimum absolute atomic E-state index is 0.00175. The van der Waals surface area contributed by atoms with Gasteiger partial charge in [-0.2, -0.15) is 5.10 Å². The van der Waals surface area contributed by atoms with Crippen LogP contribution in [0.4, 0.5) is 0 Å². The van der Waals surface area contributed by atoms with E-state index in [1.54, 1.807) is 20.8 Å². The SMILES string of the molecule is CC/C(=C\CCC(C)C)c1c(-c2ccc3c(c2)CN(C(CCC(=O)OC(C)(C)C)C(N)=O)C3=O)cnn1C. The molecule has 2 amide bonds. The fourth-order valence-corrected chi connectivity index (χ4v) is 4.89. The summed E-state index contributed by atoms with van der Waals surface area (Å²) in [6.07, 6.45) is 7.31. The molecule has 0 spiro atoms.